The van der Waals surface area contributed by atoms with Crippen molar-refractivity contribution in [3.8, 4) is 0 Å². The number of rotatable bonds is 4. The Morgan fingerprint density at radius 2 is 0.867 bits per heavy atom. The molecule has 0 aromatic heterocycles. The monoisotopic (exact) mass is 306 g/mol. The molecule has 5 N–H and O–H groups in total. The Morgan fingerprint density at radius 3 is 1.00 bits per heavy atom. The Labute approximate surface area is 128 Å². The quantitative estimate of drug-likeness (QED) is 0.289. The molecule has 0 atom stereocenters. The minimum absolute atomic E-state index is 0. The molecular formula is H7Na2O10P3. The molecule has 0 saturated heterocycles. The Bertz CT molecular complexity index is 281. The first kappa shape index (κ1) is 22.6. The van der Waals surface area contributed by atoms with E-state index in [1.54, 1.807) is 0 Å². The van der Waals surface area contributed by atoms with E-state index in [1.165, 1.54) is 0 Å². The summed E-state index contributed by atoms with van der Waals surface area (Å²) in [5.74, 6) is 0. The van der Waals surface area contributed by atoms with Gasteiger partial charge in [0.15, 0.2) is 0 Å². The van der Waals surface area contributed by atoms with Gasteiger partial charge in [-0.15, -0.1) is 0 Å². The summed E-state index contributed by atoms with van der Waals surface area (Å²) < 4.78 is 36.4. The molecule has 15 heteroatoms. The predicted molar refractivity (Wildman–Crippen MR) is 50.4 cm³/mol. The maximum atomic E-state index is 10.4. The Balaban J connectivity index is -0.000000720. The molecule has 0 amide bonds. The molecule has 0 spiro atoms. The van der Waals surface area contributed by atoms with Gasteiger partial charge in [0, 0.05) is 0 Å². The average molecular weight is 306 g/mol. The molecule has 15 heavy (non-hydrogen) atoms. The summed E-state index contributed by atoms with van der Waals surface area (Å²) in [4.78, 5) is 40.2. The molecule has 0 radical (unpaired) electrons. The molecule has 0 aromatic rings. The number of hydrogen-bond donors (Lipinski definition) is 5. The van der Waals surface area contributed by atoms with Gasteiger partial charge in [-0.05, 0) is 0 Å². The van der Waals surface area contributed by atoms with Crippen molar-refractivity contribution in [1.82, 2.24) is 0 Å². The zero-order valence-electron chi connectivity index (χ0n) is 5.62. The third-order valence-electron chi connectivity index (χ3n) is 0.419. The molecule has 0 heterocycles. The second-order valence-electron chi connectivity index (χ2n) is 1.61. The van der Waals surface area contributed by atoms with Crippen LogP contribution in [0.25, 0.3) is 0 Å². The number of phosphoric acid groups is 3. The Kier molecular flexibility index (Phi) is 11.7. The van der Waals surface area contributed by atoms with Crippen LogP contribution in [0.2, 0.25) is 0 Å². The maximum absolute atomic E-state index is 10.4. The van der Waals surface area contributed by atoms with E-state index in [2.05, 4.69) is 8.62 Å². The summed E-state index contributed by atoms with van der Waals surface area (Å²) in [6, 6.07) is 0. The molecule has 0 aromatic carbocycles. The van der Waals surface area contributed by atoms with E-state index in [4.69, 9.17) is 24.5 Å². The summed E-state index contributed by atoms with van der Waals surface area (Å²) in [5.41, 5.74) is 0. The predicted octanol–water partition coefficient (Wildman–Crippen LogP) is -1.99. The standard InChI is InChI=1S/2Na.H5O10P3.2H/c;;1-11(2,3)9-13(7,8)10-12(4,5)6;;/h;;(H,7,8)(H2,1,2,3)(H2,4,5,6);;. The molecule has 0 saturated carbocycles. The van der Waals surface area contributed by atoms with Gasteiger partial charge in [-0.3, -0.25) is 0 Å². The first-order chi connectivity index (χ1) is 5.41. The second-order valence-corrected chi connectivity index (χ2v) is 5.82. The van der Waals surface area contributed by atoms with Crippen LogP contribution < -0.4 is 0 Å². The molecule has 0 rings (SSSR count). The van der Waals surface area contributed by atoms with Crippen LogP contribution in [0.3, 0.4) is 0 Å². The van der Waals surface area contributed by atoms with E-state index in [0.29, 0.717) is 0 Å². The fraction of sp³-hybridized carbons (Fsp3) is 0. The van der Waals surface area contributed by atoms with Gasteiger partial charge in [0.1, 0.15) is 0 Å². The van der Waals surface area contributed by atoms with Crippen LogP contribution in [-0.2, 0) is 22.3 Å². The summed E-state index contributed by atoms with van der Waals surface area (Å²) >= 11 is 0. The molecule has 0 aliphatic heterocycles. The molecule has 0 aliphatic carbocycles. The van der Waals surface area contributed by atoms with E-state index in [9.17, 15) is 13.7 Å². The molecule has 84 valence electrons. The van der Waals surface area contributed by atoms with Crippen molar-refractivity contribution < 1.29 is 46.8 Å². The molecule has 10 nitrogen and oxygen atoms in total. The first-order valence-electron chi connectivity index (χ1n) is 2.28. The Hall–Kier alpha value is 2.41. The zero-order valence-corrected chi connectivity index (χ0v) is 8.30. The zero-order chi connectivity index (χ0) is 10.9. The van der Waals surface area contributed by atoms with Crippen LogP contribution in [0.5, 0.6) is 0 Å². The van der Waals surface area contributed by atoms with E-state index in [0.717, 1.165) is 0 Å². The van der Waals surface area contributed by atoms with Gasteiger partial charge in [0.2, 0.25) is 0 Å². The van der Waals surface area contributed by atoms with Gasteiger partial charge in [-0.1, -0.05) is 0 Å². The van der Waals surface area contributed by atoms with E-state index in [-0.39, 0.29) is 59.1 Å². The number of hydrogen-bond acceptors (Lipinski definition) is 5. The molecule has 0 bridgehead atoms. The average Bonchev–Trinajstić information content (AvgIpc) is 1.43. The molecular weight excluding hydrogens is 299 g/mol. The van der Waals surface area contributed by atoms with Gasteiger partial charge in [-0.25, -0.2) is 13.7 Å². The fourth-order valence-electron chi connectivity index (χ4n) is 0.284. The van der Waals surface area contributed by atoms with Crippen LogP contribution in [0.15, 0.2) is 0 Å². The van der Waals surface area contributed by atoms with Crippen LogP contribution >= 0.6 is 23.5 Å². The third-order valence-corrected chi connectivity index (χ3v) is 3.77. The Morgan fingerprint density at radius 1 is 0.667 bits per heavy atom. The SMILES string of the molecule is O=P(O)(O)OP(=O)(O)OP(=O)(O)O.[NaH].[NaH]. The summed E-state index contributed by atoms with van der Waals surface area (Å²) in [6.07, 6.45) is 0. The van der Waals surface area contributed by atoms with Gasteiger partial charge in [0.25, 0.3) is 0 Å². The van der Waals surface area contributed by atoms with Gasteiger partial charge < -0.3 is 24.5 Å². The van der Waals surface area contributed by atoms with Crippen molar-refractivity contribution in [2.24, 2.45) is 0 Å². The molecule has 0 unspecified atom stereocenters. The minimum atomic E-state index is -5.46. The first-order valence-corrected chi connectivity index (χ1v) is 6.83. The van der Waals surface area contributed by atoms with Crippen molar-refractivity contribution in [3.63, 3.8) is 0 Å². The second kappa shape index (κ2) is 7.76. The van der Waals surface area contributed by atoms with Crippen molar-refractivity contribution in [3.05, 3.63) is 0 Å². The van der Waals surface area contributed by atoms with Crippen molar-refractivity contribution >= 4 is 82.6 Å². The van der Waals surface area contributed by atoms with Crippen LogP contribution in [-0.4, -0.2) is 83.6 Å². The van der Waals surface area contributed by atoms with Crippen LogP contribution in [0.1, 0.15) is 0 Å². The van der Waals surface area contributed by atoms with Gasteiger partial charge in [-0.2, -0.15) is 8.62 Å². The summed E-state index contributed by atoms with van der Waals surface area (Å²) in [7, 11) is -16.2. The molecule has 0 fully saturated rings. The van der Waals surface area contributed by atoms with Crippen molar-refractivity contribution in [2.75, 3.05) is 0 Å². The van der Waals surface area contributed by atoms with Gasteiger partial charge in [0.05, 0.1) is 0 Å². The van der Waals surface area contributed by atoms with Crippen molar-refractivity contribution in [2.45, 2.75) is 0 Å². The van der Waals surface area contributed by atoms with Crippen LogP contribution in [0.4, 0.5) is 0 Å². The van der Waals surface area contributed by atoms with Crippen molar-refractivity contribution in [1.29, 1.82) is 0 Å². The topological polar surface area (TPSA) is 171 Å². The van der Waals surface area contributed by atoms with E-state index >= 15 is 0 Å². The normalized spacial score (nSPS) is 12.6. The molecule has 0 aliphatic rings. The summed E-state index contributed by atoms with van der Waals surface area (Å²) in [6.45, 7) is 0. The van der Waals surface area contributed by atoms with Crippen LogP contribution in [0, 0.1) is 0 Å². The van der Waals surface area contributed by atoms with E-state index in [1.807, 2.05) is 0 Å². The summed E-state index contributed by atoms with van der Waals surface area (Å²) in [5, 5.41) is 0. The third kappa shape index (κ3) is 16.4. The van der Waals surface area contributed by atoms with Gasteiger partial charge >= 0.3 is 82.6 Å². The fourth-order valence-corrected chi connectivity index (χ4v) is 2.82. The van der Waals surface area contributed by atoms with E-state index < -0.39 is 23.5 Å².